The summed E-state index contributed by atoms with van der Waals surface area (Å²) in [6, 6.07) is 0. The molecule has 0 amide bonds. The lowest BCUT2D eigenvalue weighted by Gasteiger charge is -1.92. The van der Waals surface area contributed by atoms with Crippen LogP contribution in [-0.4, -0.2) is 9.97 Å². The smallest absolute Gasteiger partial charge is 0.253 e. The molecule has 0 bridgehead atoms. The molecule has 0 aromatic carbocycles. The van der Waals surface area contributed by atoms with Gasteiger partial charge in [0.2, 0.25) is 5.95 Å². The molecule has 2 heterocycles. The number of fused-ring (bicyclic) bond motifs is 1. The number of anilines is 1. The number of hydrogen-bond acceptors (Lipinski definition) is 4. The van der Waals surface area contributed by atoms with Crippen molar-refractivity contribution in [3.05, 3.63) is 17.7 Å². The second-order valence-electron chi connectivity index (χ2n) is 2.24. The van der Waals surface area contributed by atoms with Crippen LogP contribution < -0.4 is 5.73 Å². The zero-order valence-electron chi connectivity index (χ0n) is 6.01. The normalized spacial score (nSPS) is 11.0. The van der Waals surface area contributed by atoms with E-state index >= 15 is 0 Å². The largest absolute Gasteiger partial charge is 0.375 e. The molecular formula is C6H2F3N3S. The van der Waals surface area contributed by atoms with E-state index in [2.05, 4.69) is 9.97 Å². The molecule has 0 aliphatic carbocycles. The summed E-state index contributed by atoms with van der Waals surface area (Å²) in [4.78, 5) is 6.16. The van der Waals surface area contributed by atoms with Crippen LogP contribution in [0.5, 0.6) is 0 Å². The third kappa shape index (κ3) is 1.12. The third-order valence-corrected chi connectivity index (χ3v) is 2.29. The SMILES string of the molecule is Nc1nc2c(F)nc(F)c(F)c2s1. The zero-order chi connectivity index (χ0) is 9.59. The Bertz CT molecular complexity index is 481. The van der Waals surface area contributed by atoms with Crippen molar-refractivity contribution in [3.8, 4) is 0 Å². The maximum atomic E-state index is 12.9. The number of halogens is 3. The van der Waals surface area contributed by atoms with E-state index in [1.165, 1.54) is 0 Å². The number of thiazole rings is 1. The van der Waals surface area contributed by atoms with Gasteiger partial charge < -0.3 is 5.73 Å². The molecular weight excluding hydrogens is 203 g/mol. The van der Waals surface area contributed by atoms with Crippen LogP contribution in [-0.2, 0) is 0 Å². The molecule has 3 nitrogen and oxygen atoms in total. The van der Waals surface area contributed by atoms with E-state index in [4.69, 9.17) is 5.73 Å². The molecule has 0 aliphatic rings. The molecule has 0 fully saturated rings. The summed E-state index contributed by atoms with van der Waals surface area (Å²) in [7, 11) is 0. The first-order chi connectivity index (χ1) is 6.09. The van der Waals surface area contributed by atoms with Crippen LogP contribution in [0.4, 0.5) is 18.3 Å². The summed E-state index contributed by atoms with van der Waals surface area (Å²) in [6.45, 7) is 0. The van der Waals surface area contributed by atoms with Crippen molar-refractivity contribution in [2.75, 3.05) is 5.73 Å². The summed E-state index contributed by atoms with van der Waals surface area (Å²) in [5.74, 6) is -3.85. The van der Waals surface area contributed by atoms with Gasteiger partial charge in [0, 0.05) is 0 Å². The Kier molecular flexibility index (Phi) is 1.62. The fraction of sp³-hybridized carbons (Fsp3) is 0. The van der Waals surface area contributed by atoms with Crippen molar-refractivity contribution in [1.29, 1.82) is 0 Å². The number of aromatic nitrogens is 2. The van der Waals surface area contributed by atoms with Crippen molar-refractivity contribution in [3.63, 3.8) is 0 Å². The van der Waals surface area contributed by atoms with Gasteiger partial charge in [0.05, 0.1) is 0 Å². The minimum Gasteiger partial charge on any atom is -0.375 e. The van der Waals surface area contributed by atoms with E-state index in [-0.39, 0.29) is 15.3 Å². The molecule has 0 saturated heterocycles. The molecule has 0 atom stereocenters. The van der Waals surface area contributed by atoms with Crippen molar-refractivity contribution in [2.45, 2.75) is 0 Å². The summed E-state index contributed by atoms with van der Waals surface area (Å²) in [5, 5.41) is -0.0276. The molecule has 0 unspecified atom stereocenters. The first-order valence-corrected chi connectivity index (χ1v) is 3.97. The highest BCUT2D eigenvalue weighted by Gasteiger charge is 2.17. The second kappa shape index (κ2) is 2.56. The van der Waals surface area contributed by atoms with E-state index in [1.807, 2.05) is 0 Å². The fourth-order valence-electron chi connectivity index (χ4n) is 0.907. The highest BCUT2D eigenvalue weighted by atomic mass is 32.1. The highest BCUT2D eigenvalue weighted by Crippen LogP contribution is 2.28. The van der Waals surface area contributed by atoms with E-state index in [0.717, 1.165) is 0 Å². The Labute approximate surface area is 74.0 Å². The third-order valence-electron chi connectivity index (χ3n) is 1.42. The van der Waals surface area contributed by atoms with Gasteiger partial charge >= 0.3 is 0 Å². The number of nitrogens with two attached hydrogens (primary N) is 1. The van der Waals surface area contributed by atoms with Crippen LogP contribution in [0.1, 0.15) is 0 Å². The molecule has 2 rings (SSSR count). The minimum absolute atomic E-state index is 0.0276. The number of pyridine rings is 1. The highest BCUT2D eigenvalue weighted by molar-refractivity contribution is 7.22. The van der Waals surface area contributed by atoms with Crippen LogP contribution in [0.25, 0.3) is 10.2 Å². The van der Waals surface area contributed by atoms with Gasteiger partial charge in [0.1, 0.15) is 10.2 Å². The fourth-order valence-corrected chi connectivity index (χ4v) is 1.65. The standard InChI is InChI=1S/C6H2F3N3S/c7-1-3-2(11-6(10)13-3)5(9)12-4(1)8/h(H2,10,11). The lowest BCUT2D eigenvalue weighted by atomic mass is 10.4. The monoisotopic (exact) mass is 205 g/mol. The molecule has 0 aliphatic heterocycles. The van der Waals surface area contributed by atoms with Gasteiger partial charge in [-0.25, -0.2) is 9.37 Å². The molecule has 0 saturated carbocycles. The van der Waals surface area contributed by atoms with Crippen molar-refractivity contribution in [2.24, 2.45) is 0 Å². The summed E-state index contributed by atoms with van der Waals surface area (Å²) in [6.07, 6.45) is 0. The van der Waals surface area contributed by atoms with Gasteiger partial charge in [0.15, 0.2) is 10.9 Å². The number of rotatable bonds is 0. The van der Waals surface area contributed by atoms with Crippen LogP contribution in [0, 0.1) is 17.7 Å². The van der Waals surface area contributed by atoms with E-state index in [1.54, 1.807) is 0 Å². The maximum absolute atomic E-state index is 12.9. The van der Waals surface area contributed by atoms with Crippen molar-refractivity contribution < 1.29 is 13.2 Å². The Hall–Kier alpha value is -1.37. The van der Waals surface area contributed by atoms with Crippen molar-refractivity contribution >= 4 is 26.7 Å². The number of nitrogen functional groups attached to an aromatic ring is 1. The van der Waals surface area contributed by atoms with Gasteiger partial charge in [-0.3, -0.25) is 0 Å². The quantitative estimate of drug-likeness (QED) is 0.666. The van der Waals surface area contributed by atoms with E-state index < -0.39 is 17.7 Å². The summed E-state index contributed by atoms with van der Waals surface area (Å²) in [5.41, 5.74) is 4.87. The average Bonchev–Trinajstić information content (AvgIpc) is 2.44. The number of nitrogens with zero attached hydrogens (tertiary/aromatic N) is 2. The van der Waals surface area contributed by atoms with Crippen LogP contribution in [0.2, 0.25) is 0 Å². The lowest BCUT2D eigenvalue weighted by Crippen LogP contribution is -1.94. The van der Waals surface area contributed by atoms with E-state index in [9.17, 15) is 13.2 Å². The molecule has 0 spiro atoms. The van der Waals surface area contributed by atoms with Gasteiger partial charge in [0.25, 0.3) is 5.95 Å². The predicted molar refractivity (Wildman–Crippen MR) is 41.7 cm³/mol. The van der Waals surface area contributed by atoms with Gasteiger partial charge in [-0.2, -0.15) is 13.8 Å². The van der Waals surface area contributed by atoms with Crippen LogP contribution in [0.15, 0.2) is 0 Å². The second-order valence-corrected chi connectivity index (χ2v) is 3.27. The first-order valence-electron chi connectivity index (χ1n) is 3.16. The van der Waals surface area contributed by atoms with Gasteiger partial charge in [-0.1, -0.05) is 11.3 Å². The predicted octanol–water partition coefficient (Wildman–Crippen LogP) is 1.69. The average molecular weight is 205 g/mol. The molecule has 68 valence electrons. The Morgan fingerprint density at radius 2 is 1.77 bits per heavy atom. The van der Waals surface area contributed by atoms with E-state index in [0.29, 0.717) is 11.3 Å². The number of hydrogen-bond donors (Lipinski definition) is 1. The Balaban J connectivity index is 2.95. The van der Waals surface area contributed by atoms with Crippen LogP contribution in [0.3, 0.4) is 0 Å². The topological polar surface area (TPSA) is 51.8 Å². The first kappa shape index (κ1) is 8.24. The van der Waals surface area contributed by atoms with Gasteiger partial charge in [-0.15, -0.1) is 0 Å². The molecule has 2 aromatic heterocycles. The van der Waals surface area contributed by atoms with Gasteiger partial charge in [-0.05, 0) is 0 Å². The van der Waals surface area contributed by atoms with Crippen LogP contribution >= 0.6 is 11.3 Å². The molecule has 0 radical (unpaired) electrons. The molecule has 2 N–H and O–H groups in total. The maximum Gasteiger partial charge on any atom is 0.253 e. The van der Waals surface area contributed by atoms with Crippen molar-refractivity contribution in [1.82, 2.24) is 9.97 Å². The Morgan fingerprint density at radius 3 is 2.46 bits per heavy atom. The Morgan fingerprint density at radius 1 is 1.08 bits per heavy atom. The molecule has 13 heavy (non-hydrogen) atoms. The minimum atomic E-state index is -1.48. The molecule has 7 heteroatoms. The zero-order valence-corrected chi connectivity index (χ0v) is 6.83. The molecule has 2 aromatic rings. The lowest BCUT2D eigenvalue weighted by molar-refractivity contribution is 0.459. The summed E-state index contributed by atoms with van der Waals surface area (Å²) >= 11 is 0.679. The summed E-state index contributed by atoms with van der Waals surface area (Å²) < 4.78 is 38.0.